The summed E-state index contributed by atoms with van der Waals surface area (Å²) in [4.78, 5) is 61.9. The van der Waals surface area contributed by atoms with E-state index in [0.29, 0.717) is 38.5 Å². The largest absolute Gasteiger partial charge is 1.00 e. The van der Waals surface area contributed by atoms with Crippen LogP contribution in [0, 0.1) is 10.8 Å². The molecule has 19 heteroatoms. The minimum atomic E-state index is -1.18. The Bertz CT molecular complexity index is 900. The number of carboxylic acid groups (broad SMARTS) is 4. The van der Waals surface area contributed by atoms with Crippen LogP contribution in [0.25, 0.3) is 0 Å². The van der Waals surface area contributed by atoms with Crippen molar-refractivity contribution in [3.8, 4) is 0 Å². The van der Waals surface area contributed by atoms with Gasteiger partial charge in [0, 0.05) is 36.8 Å². The number of ether oxygens (including phenoxy) is 2. The Morgan fingerprint density at radius 3 is 0.804 bits per heavy atom. The number of hydrogen-bond donors (Lipinski definition) is 10. The number of esters is 2. The molecule has 18 nitrogen and oxygen atoms in total. The molecule has 0 unspecified atom stereocenters. The summed E-state index contributed by atoms with van der Waals surface area (Å²) >= 11 is 0. The van der Waals surface area contributed by atoms with Crippen molar-refractivity contribution in [3.63, 3.8) is 0 Å². The van der Waals surface area contributed by atoms with Gasteiger partial charge in [-0.15, -0.1) is 0 Å². The Morgan fingerprint density at radius 2 is 0.667 bits per heavy atom. The van der Waals surface area contributed by atoms with E-state index in [-0.39, 0.29) is 103 Å². The SMILES string of the molecule is C=C(C)C(=O)OCC(CO)(CO)CO.C=C(C)C(=O)OCC(CO)(CO)CO.O=C(O)CCCCCC(=O)O.O=C(O)CCCCCC(=O)O.[H-].[K+]. The minimum absolute atomic E-state index is 0. The number of rotatable bonds is 24. The molecule has 0 rings (SSSR count). The number of aliphatic hydroxyl groups excluding tert-OH is 6. The Balaban J connectivity index is -0.000000135. The number of carbonyl (C=O) groups excluding carboxylic acids is 2. The van der Waals surface area contributed by atoms with Gasteiger partial charge in [0.05, 0.1) is 50.5 Å². The first-order chi connectivity index (χ1) is 23.3. The standard InChI is InChI=1S/2C9H16O5.2C7H12O4.K.H/c2*1-7(2)8(13)14-6-9(3-10,4-11)5-12;2*8-6(9)4-2-1-3-5-7(10)11;;/h2*10-12H,1,3-6H2,2H3;2*1-5H2,(H,8,9)(H,10,11);;/q;;;;+1;-1. The minimum Gasteiger partial charge on any atom is -1.00 e. The molecule has 0 spiro atoms. The van der Waals surface area contributed by atoms with Gasteiger partial charge >= 0.3 is 87.2 Å². The van der Waals surface area contributed by atoms with Gasteiger partial charge in [-0.1, -0.05) is 26.0 Å². The molecule has 0 fully saturated rings. The van der Waals surface area contributed by atoms with E-state index in [1.165, 1.54) is 13.8 Å². The fraction of sp³-hybridized carbons (Fsp3) is 0.688. The van der Waals surface area contributed by atoms with Gasteiger partial charge in [0.2, 0.25) is 0 Å². The van der Waals surface area contributed by atoms with Crippen molar-refractivity contribution in [2.75, 3.05) is 52.9 Å². The van der Waals surface area contributed by atoms with Gasteiger partial charge in [-0.3, -0.25) is 19.2 Å². The summed E-state index contributed by atoms with van der Waals surface area (Å²) in [5.74, 6) is -4.49. The van der Waals surface area contributed by atoms with Crippen molar-refractivity contribution in [3.05, 3.63) is 24.3 Å². The van der Waals surface area contributed by atoms with E-state index < -0.39 is 86.3 Å². The average molecular weight is 769 g/mol. The maximum Gasteiger partial charge on any atom is 1.00 e. The molecule has 0 aromatic carbocycles. The molecule has 0 aromatic heterocycles. The van der Waals surface area contributed by atoms with Crippen LogP contribution in [0.15, 0.2) is 24.3 Å². The number of hydrogen-bond acceptors (Lipinski definition) is 14. The van der Waals surface area contributed by atoms with Crippen LogP contribution in [0.5, 0.6) is 0 Å². The second-order valence-electron chi connectivity index (χ2n) is 11.4. The van der Waals surface area contributed by atoms with Gasteiger partial charge in [-0.2, -0.15) is 0 Å². The first kappa shape index (κ1) is 58.0. The number of carboxylic acids is 4. The van der Waals surface area contributed by atoms with E-state index in [1.807, 2.05) is 0 Å². The van der Waals surface area contributed by atoms with Crippen LogP contribution in [-0.2, 0) is 38.2 Å². The molecule has 0 aliphatic rings. The van der Waals surface area contributed by atoms with Gasteiger partial charge in [-0.25, -0.2) is 9.59 Å². The normalized spacial score (nSPS) is 10.2. The number of aliphatic hydroxyl groups is 6. The summed E-state index contributed by atoms with van der Waals surface area (Å²) in [6.07, 6.45) is 4.20. The molecule has 0 bridgehead atoms. The van der Waals surface area contributed by atoms with Crippen molar-refractivity contribution < 1.29 is 142 Å². The van der Waals surface area contributed by atoms with Crippen LogP contribution in [0.1, 0.15) is 79.5 Å². The molecule has 0 atom stereocenters. The number of unbranched alkanes of at least 4 members (excludes halogenated alkanes) is 4. The Labute approximate surface area is 341 Å². The number of carbonyl (C=O) groups is 6. The second-order valence-corrected chi connectivity index (χ2v) is 11.4. The first-order valence-corrected chi connectivity index (χ1v) is 15.5. The molecule has 0 saturated heterocycles. The third-order valence-corrected chi connectivity index (χ3v) is 6.29. The van der Waals surface area contributed by atoms with Crippen LogP contribution < -0.4 is 51.4 Å². The summed E-state index contributed by atoms with van der Waals surface area (Å²) in [6, 6.07) is 0. The molecule has 294 valence electrons. The third kappa shape index (κ3) is 37.3. The summed E-state index contributed by atoms with van der Waals surface area (Å²) < 4.78 is 9.45. The molecule has 0 aliphatic heterocycles. The summed E-state index contributed by atoms with van der Waals surface area (Å²) in [5.41, 5.74) is -1.89. The summed E-state index contributed by atoms with van der Waals surface area (Å²) in [7, 11) is 0. The molecule has 0 aromatic rings. The van der Waals surface area contributed by atoms with Crippen molar-refractivity contribution >= 4 is 35.8 Å². The summed E-state index contributed by atoms with van der Waals surface area (Å²) in [5, 5.41) is 86.2. The number of aliphatic carboxylic acids is 4. The van der Waals surface area contributed by atoms with Crippen LogP contribution in [0.3, 0.4) is 0 Å². The van der Waals surface area contributed by atoms with Gasteiger partial charge in [0.15, 0.2) is 0 Å². The molecule has 0 saturated carbocycles. The Kier molecular flexibility index (Phi) is 41.0. The zero-order chi connectivity index (χ0) is 39.8. The van der Waals surface area contributed by atoms with E-state index in [2.05, 4.69) is 13.2 Å². The summed E-state index contributed by atoms with van der Waals surface area (Å²) in [6.45, 7) is 6.52. The molecule has 10 N–H and O–H groups in total. The van der Waals surface area contributed by atoms with Gasteiger partial charge in [0.1, 0.15) is 13.2 Å². The molecular weight excluding hydrogens is 711 g/mol. The predicted molar refractivity (Wildman–Crippen MR) is 177 cm³/mol. The second kappa shape index (κ2) is 36.1. The maximum atomic E-state index is 11.0. The van der Waals surface area contributed by atoms with E-state index >= 15 is 0 Å². The molecular formula is C32H57KO18. The Morgan fingerprint density at radius 1 is 0.471 bits per heavy atom. The van der Waals surface area contributed by atoms with Crippen molar-refractivity contribution in [2.45, 2.75) is 78.1 Å². The average Bonchev–Trinajstić information content (AvgIpc) is 3.06. The zero-order valence-corrected chi connectivity index (χ0v) is 33.0. The quantitative estimate of drug-likeness (QED) is 0.0209. The smallest absolute Gasteiger partial charge is 1.00 e. The Hall–Kier alpha value is -2.30. The predicted octanol–water partition coefficient (Wildman–Crippen LogP) is -2.53. The monoisotopic (exact) mass is 768 g/mol. The topological polar surface area (TPSA) is 323 Å². The van der Waals surface area contributed by atoms with E-state index in [9.17, 15) is 28.8 Å². The van der Waals surface area contributed by atoms with Gasteiger partial charge in [0.25, 0.3) is 0 Å². The zero-order valence-electron chi connectivity index (χ0n) is 30.9. The van der Waals surface area contributed by atoms with Crippen LogP contribution >= 0.6 is 0 Å². The fourth-order valence-corrected chi connectivity index (χ4v) is 2.72. The molecule has 0 aliphatic carbocycles. The van der Waals surface area contributed by atoms with Crippen molar-refractivity contribution in [2.24, 2.45) is 10.8 Å². The fourth-order valence-electron chi connectivity index (χ4n) is 2.72. The first-order valence-electron chi connectivity index (χ1n) is 15.5. The van der Waals surface area contributed by atoms with E-state index in [1.54, 1.807) is 0 Å². The van der Waals surface area contributed by atoms with Gasteiger partial charge in [-0.05, 0) is 39.5 Å². The van der Waals surface area contributed by atoms with Crippen LogP contribution in [0.4, 0.5) is 0 Å². The van der Waals surface area contributed by atoms with E-state index in [4.69, 9.17) is 60.5 Å². The van der Waals surface area contributed by atoms with Crippen LogP contribution in [-0.4, -0.2) is 140 Å². The molecule has 0 radical (unpaired) electrons. The third-order valence-electron chi connectivity index (χ3n) is 6.29. The van der Waals surface area contributed by atoms with Crippen molar-refractivity contribution in [1.29, 1.82) is 0 Å². The molecule has 0 amide bonds. The molecule has 51 heavy (non-hydrogen) atoms. The molecule has 0 heterocycles. The van der Waals surface area contributed by atoms with Crippen LogP contribution in [0.2, 0.25) is 0 Å². The van der Waals surface area contributed by atoms with Gasteiger partial charge < -0.3 is 62.0 Å². The van der Waals surface area contributed by atoms with Crippen molar-refractivity contribution in [1.82, 2.24) is 0 Å². The maximum absolute atomic E-state index is 11.0. The van der Waals surface area contributed by atoms with E-state index in [0.717, 1.165) is 0 Å².